The average molecular weight is 1100 g/mol. The van der Waals surface area contributed by atoms with Crippen molar-refractivity contribution in [1.82, 2.24) is 30.2 Å². The van der Waals surface area contributed by atoms with Gasteiger partial charge in [0.1, 0.15) is 34.7 Å². The molecule has 18 nitrogen and oxygen atoms in total. The molecule has 2 fully saturated rings. The second-order valence-corrected chi connectivity index (χ2v) is 21.3. The fourth-order valence-corrected chi connectivity index (χ4v) is 10.1. The van der Waals surface area contributed by atoms with Gasteiger partial charge in [0.25, 0.3) is 6.47 Å². The number of nitrogens with two attached hydrogens (primary N) is 1. The van der Waals surface area contributed by atoms with Gasteiger partial charge in [0.05, 0.1) is 20.4 Å². The molecule has 8 rings (SSSR count). The van der Waals surface area contributed by atoms with Crippen LogP contribution in [0.4, 0.5) is 10.6 Å². The van der Waals surface area contributed by atoms with Crippen LogP contribution in [0.3, 0.4) is 0 Å². The van der Waals surface area contributed by atoms with E-state index in [2.05, 4.69) is 113 Å². The largest absolute Gasteiger partial charge is 0.462 e. The average Bonchev–Trinajstić information content (AvgIpc) is 3.93. The maximum absolute atomic E-state index is 11.6. The van der Waals surface area contributed by atoms with E-state index in [1.807, 2.05) is 41.5 Å². The van der Waals surface area contributed by atoms with Crippen LogP contribution in [0, 0.1) is 0 Å². The van der Waals surface area contributed by atoms with Crippen molar-refractivity contribution in [2.75, 3.05) is 50.3 Å². The van der Waals surface area contributed by atoms with Crippen LogP contribution < -0.4 is 16.4 Å². The van der Waals surface area contributed by atoms with Gasteiger partial charge in [-0.05, 0) is 134 Å². The number of benzene rings is 2. The van der Waals surface area contributed by atoms with Crippen LogP contribution in [0.25, 0.3) is 42.7 Å². The van der Waals surface area contributed by atoms with Crippen LogP contribution >= 0.6 is 58.0 Å². The summed E-state index contributed by atoms with van der Waals surface area (Å²) >= 11 is 8.63. The molecule has 4 aromatic heterocycles. The second-order valence-electron chi connectivity index (χ2n) is 17.0. The number of rotatable bonds is 8. The molecule has 2 aliphatic rings. The first-order chi connectivity index (χ1) is 30.6. The zero-order valence-electron chi connectivity index (χ0n) is 41.3. The lowest BCUT2D eigenvalue weighted by Gasteiger charge is -2.32. The SMILES string of the molecule is C.C.CC(C)(C)OC(=O)N1CCC(N)CC1.CC(C)(C)OC=O.CSc1ccc(-c2csc3c(NC4CCNCC4)ncnc23)cc1.CSc1ccc(-c2csc3c(SC)ncnc23)cc1.O.O.O.O.O.O. The summed E-state index contributed by atoms with van der Waals surface area (Å²) in [5.41, 5.74) is 11.9. The molecule has 0 unspecified atom stereocenters. The monoisotopic (exact) mass is 1100 g/mol. The quantitative estimate of drug-likeness (QED) is 0.0748. The number of hydrogen-bond acceptors (Lipinski definition) is 16. The predicted molar refractivity (Wildman–Crippen MR) is 308 cm³/mol. The molecule has 0 spiro atoms. The van der Waals surface area contributed by atoms with Crippen molar-refractivity contribution >= 4 is 96.8 Å². The molecule has 72 heavy (non-hydrogen) atoms. The number of ether oxygens (including phenoxy) is 2. The molecular weight excluding hydrogens is 1020 g/mol. The summed E-state index contributed by atoms with van der Waals surface area (Å²) in [6.45, 7) is 15.1. The van der Waals surface area contributed by atoms with Crippen molar-refractivity contribution in [3.05, 3.63) is 71.9 Å². The van der Waals surface area contributed by atoms with Crippen molar-refractivity contribution in [1.29, 1.82) is 0 Å². The highest BCUT2D eigenvalue weighted by Crippen LogP contribution is 2.38. The zero-order valence-corrected chi connectivity index (χ0v) is 45.4. The Hall–Kier alpha value is -4.21. The summed E-state index contributed by atoms with van der Waals surface area (Å²) in [5, 5.41) is 12.5. The van der Waals surface area contributed by atoms with E-state index in [0.29, 0.717) is 12.5 Å². The van der Waals surface area contributed by atoms with E-state index in [1.165, 1.54) is 36.7 Å². The summed E-state index contributed by atoms with van der Waals surface area (Å²) in [4.78, 5) is 43.3. The number of hydrogen-bond donors (Lipinski definition) is 3. The predicted octanol–water partition coefficient (Wildman–Crippen LogP) is 7.67. The van der Waals surface area contributed by atoms with Gasteiger partial charge >= 0.3 is 6.09 Å². The van der Waals surface area contributed by atoms with Crippen molar-refractivity contribution in [3.63, 3.8) is 0 Å². The summed E-state index contributed by atoms with van der Waals surface area (Å²) in [5.74, 6) is 0.976. The first-order valence-corrected chi connectivity index (χ1v) is 26.7. The summed E-state index contributed by atoms with van der Waals surface area (Å²) in [6, 6.07) is 18.1. The molecule has 0 bridgehead atoms. The number of nitrogens with one attached hydrogen (secondary N) is 2. The minimum Gasteiger partial charge on any atom is -0.462 e. The molecule has 2 aliphatic heterocycles. The van der Waals surface area contributed by atoms with Crippen molar-refractivity contribution in [3.8, 4) is 22.3 Å². The third-order valence-electron chi connectivity index (χ3n) is 9.94. The van der Waals surface area contributed by atoms with Crippen molar-refractivity contribution in [2.45, 2.75) is 120 Å². The number of aromatic nitrogens is 4. The number of carbonyl (C=O) groups is 2. The molecule has 0 atom stereocenters. The molecule has 0 aliphatic carbocycles. The fourth-order valence-electron chi connectivity index (χ4n) is 6.59. The van der Waals surface area contributed by atoms with Crippen LogP contribution in [-0.2, 0) is 14.3 Å². The number of thioether (sulfide) groups is 3. The topological polar surface area (TPSA) is 346 Å². The lowest BCUT2D eigenvalue weighted by Crippen LogP contribution is -2.44. The Morgan fingerprint density at radius 3 is 1.57 bits per heavy atom. The Labute approximate surface area is 446 Å². The number of anilines is 1. The Bertz CT molecular complexity index is 2390. The van der Waals surface area contributed by atoms with Gasteiger partial charge in [0.2, 0.25) is 0 Å². The number of nitrogens with zero attached hydrogens (tertiary/aromatic N) is 5. The first-order valence-electron chi connectivity index (χ1n) is 21.2. The van der Waals surface area contributed by atoms with Gasteiger partial charge in [0, 0.05) is 56.9 Å². The van der Waals surface area contributed by atoms with E-state index >= 15 is 0 Å². The molecular formula is C49H82N8O10S5. The third-order valence-corrected chi connectivity index (χ3v) is 14.2. The molecule has 2 saturated heterocycles. The number of amides is 1. The standard InChI is InChI=1S/C18H20N4S2.C14H12N2S3.C10H20N2O2.C5H10O2.2CH4.6H2O/c1-23-14-4-2-12(3-5-14)15-10-24-17-16(15)20-11-21-18(17)22-13-6-8-19-9-7-13;1-17-10-5-3-9(4-6-10)11-7-19-13-12(11)15-8-16-14(13)18-2;1-10(2,3)14-9(13)12-6-4-8(11)5-7-12;1-5(2,3)7-4-6;;;;;;;;/h2-5,10-11,13,19H,6-9H2,1H3,(H,20,21,22);3-8H,1-2H3;8H,4-7,11H2,1-3H3;4H,1-3H3;2*1H4;6*1H2. The lowest BCUT2D eigenvalue weighted by molar-refractivity contribution is -0.138. The Morgan fingerprint density at radius 1 is 0.694 bits per heavy atom. The van der Waals surface area contributed by atoms with E-state index in [9.17, 15) is 9.59 Å². The van der Waals surface area contributed by atoms with Gasteiger partial charge in [-0.2, -0.15) is 0 Å². The van der Waals surface area contributed by atoms with Gasteiger partial charge < -0.3 is 63.6 Å². The zero-order chi connectivity index (χ0) is 46.3. The van der Waals surface area contributed by atoms with E-state index in [-0.39, 0.29) is 65.4 Å². The maximum atomic E-state index is 11.6. The molecule has 16 N–H and O–H groups in total. The Kier molecular flexibility index (Phi) is 37.0. The lowest BCUT2D eigenvalue weighted by atomic mass is 10.1. The third kappa shape index (κ3) is 22.5. The van der Waals surface area contributed by atoms with E-state index in [4.69, 9.17) is 10.5 Å². The highest BCUT2D eigenvalue weighted by atomic mass is 32.2. The van der Waals surface area contributed by atoms with Crippen LogP contribution in [0.15, 0.2) is 86.8 Å². The summed E-state index contributed by atoms with van der Waals surface area (Å²) in [6.07, 6.45) is 13.4. The minimum atomic E-state index is -0.406. The molecule has 408 valence electrons. The number of carbonyl (C=O) groups excluding carboxylic acids is 2. The molecule has 0 saturated carbocycles. The molecule has 1 amide bonds. The van der Waals surface area contributed by atoms with Gasteiger partial charge in [-0.3, -0.25) is 4.79 Å². The normalized spacial score (nSPS) is 13.0. The first kappa shape index (κ1) is 74.3. The van der Waals surface area contributed by atoms with Crippen LogP contribution in [0.5, 0.6) is 0 Å². The fraction of sp³-hybridized carbons (Fsp3) is 0.469. The van der Waals surface area contributed by atoms with Crippen LogP contribution in [-0.4, -0.2) is 138 Å². The van der Waals surface area contributed by atoms with Crippen LogP contribution in [0.2, 0.25) is 0 Å². The number of thiophene rings is 2. The van der Waals surface area contributed by atoms with Crippen LogP contribution in [0.1, 0.15) is 82.1 Å². The summed E-state index contributed by atoms with van der Waals surface area (Å²) < 4.78 is 12.1. The van der Waals surface area contributed by atoms with E-state index in [1.54, 1.807) is 75.5 Å². The Balaban J connectivity index is -0.000000439. The van der Waals surface area contributed by atoms with Gasteiger partial charge in [-0.25, -0.2) is 24.7 Å². The summed E-state index contributed by atoms with van der Waals surface area (Å²) in [7, 11) is 0. The molecule has 2 aromatic carbocycles. The molecule has 6 heterocycles. The number of fused-ring (bicyclic) bond motifs is 2. The van der Waals surface area contributed by atoms with E-state index in [0.717, 1.165) is 78.4 Å². The molecule has 6 aromatic rings. The number of piperidine rings is 2. The van der Waals surface area contributed by atoms with E-state index < -0.39 is 5.60 Å². The highest BCUT2D eigenvalue weighted by Gasteiger charge is 2.25. The minimum absolute atomic E-state index is 0. The van der Waals surface area contributed by atoms with Crippen molar-refractivity contribution < 1.29 is 51.9 Å². The Morgan fingerprint density at radius 2 is 1.15 bits per heavy atom. The highest BCUT2D eigenvalue weighted by molar-refractivity contribution is 7.99. The molecule has 0 radical (unpaired) electrons. The second kappa shape index (κ2) is 35.9. The smallest absolute Gasteiger partial charge is 0.410 e. The maximum Gasteiger partial charge on any atom is 0.410 e. The van der Waals surface area contributed by atoms with Crippen molar-refractivity contribution in [2.24, 2.45) is 5.73 Å². The molecule has 23 heteroatoms. The number of likely N-dealkylation sites (tertiary alicyclic amines) is 1. The van der Waals surface area contributed by atoms with Gasteiger partial charge in [0.15, 0.2) is 0 Å². The van der Waals surface area contributed by atoms with Gasteiger partial charge in [-0.15, -0.1) is 58.0 Å². The van der Waals surface area contributed by atoms with Gasteiger partial charge in [-0.1, -0.05) is 39.1 Å².